The topological polar surface area (TPSA) is 21.3 Å². The molecule has 100 valence electrons. The Labute approximate surface area is 107 Å². The first-order valence-electron chi connectivity index (χ1n) is 7.42. The van der Waals surface area contributed by atoms with E-state index in [1.165, 1.54) is 32.1 Å². The normalized spacial score (nSPS) is 41.6. The van der Waals surface area contributed by atoms with E-state index < -0.39 is 0 Å². The minimum Gasteiger partial charge on any atom is -0.360 e. The molecule has 1 aliphatic carbocycles. The van der Waals surface area contributed by atoms with Crippen LogP contribution < -0.4 is 5.32 Å². The Morgan fingerprint density at radius 1 is 1.12 bits per heavy atom. The van der Waals surface area contributed by atoms with Crippen LogP contribution in [0.3, 0.4) is 0 Å². The van der Waals surface area contributed by atoms with Crippen molar-refractivity contribution < 1.29 is 4.74 Å². The Morgan fingerprint density at radius 3 is 2.12 bits per heavy atom. The molecular weight excluding hydrogens is 210 g/mol. The first-order valence-corrected chi connectivity index (χ1v) is 7.42. The van der Waals surface area contributed by atoms with Crippen molar-refractivity contribution >= 4 is 0 Å². The molecule has 0 bridgehead atoms. The van der Waals surface area contributed by atoms with Crippen molar-refractivity contribution in [2.45, 2.75) is 65.5 Å². The molecule has 2 atom stereocenters. The predicted molar refractivity (Wildman–Crippen MR) is 71.9 cm³/mol. The van der Waals surface area contributed by atoms with Crippen molar-refractivity contribution in [3.63, 3.8) is 0 Å². The molecule has 0 aromatic heterocycles. The Kier molecular flexibility index (Phi) is 3.84. The van der Waals surface area contributed by atoms with Gasteiger partial charge < -0.3 is 4.74 Å². The third-order valence-electron chi connectivity index (χ3n) is 5.10. The van der Waals surface area contributed by atoms with Crippen LogP contribution in [0.5, 0.6) is 0 Å². The van der Waals surface area contributed by atoms with Crippen molar-refractivity contribution in [2.75, 3.05) is 13.2 Å². The molecule has 2 aliphatic rings. The van der Waals surface area contributed by atoms with Gasteiger partial charge in [-0.15, -0.1) is 0 Å². The molecule has 17 heavy (non-hydrogen) atoms. The maximum absolute atomic E-state index is 6.33. The fourth-order valence-corrected chi connectivity index (χ4v) is 3.77. The molecule has 1 spiro atoms. The molecule has 2 fully saturated rings. The van der Waals surface area contributed by atoms with Crippen LogP contribution in [0.2, 0.25) is 0 Å². The van der Waals surface area contributed by atoms with Gasteiger partial charge in [0.1, 0.15) is 5.72 Å². The first kappa shape index (κ1) is 13.4. The summed E-state index contributed by atoms with van der Waals surface area (Å²) in [6.07, 6.45) is 6.19. The van der Waals surface area contributed by atoms with Gasteiger partial charge in [0.25, 0.3) is 0 Å². The summed E-state index contributed by atoms with van der Waals surface area (Å²) in [5.41, 5.74) is 0.389. The third kappa shape index (κ3) is 2.68. The minimum atomic E-state index is 0.00488. The fraction of sp³-hybridized carbons (Fsp3) is 1.00. The van der Waals surface area contributed by atoms with Crippen molar-refractivity contribution in [2.24, 2.45) is 17.3 Å². The van der Waals surface area contributed by atoms with Crippen LogP contribution in [0.25, 0.3) is 0 Å². The first-order chi connectivity index (χ1) is 8.03. The highest BCUT2D eigenvalue weighted by atomic mass is 16.5. The van der Waals surface area contributed by atoms with E-state index in [9.17, 15) is 0 Å². The summed E-state index contributed by atoms with van der Waals surface area (Å²) in [4.78, 5) is 0. The zero-order chi connectivity index (χ0) is 12.5. The molecule has 1 N–H and O–H groups in total. The van der Waals surface area contributed by atoms with Crippen LogP contribution in [0, 0.1) is 17.3 Å². The van der Waals surface area contributed by atoms with E-state index in [1.54, 1.807) is 0 Å². The summed E-state index contributed by atoms with van der Waals surface area (Å²) < 4.78 is 6.33. The average Bonchev–Trinajstić information content (AvgIpc) is 2.29. The zero-order valence-electron chi connectivity index (χ0n) is 12.0. The van der Waals surface area contributed by atoms with Gasteiger partial charge in [-0.1, -0.05) is 27.7 Å². The van der Waals surface area contributed by atoms with E-state index in [-0.39, 0.29) is 5.72 Å². The lowest BCUT2D eigenvalue weighted by molar-refractivity contribution is -0.177. The average molecular weight is 239 g/mol. The summed E-state index contributed by atoms with van der Waals surface area (Å²) in [5.74, 6) is 1.59. The molecule has 2 heteroatoms. The van der Waals surface area contributed by atoms with Crippen LogP contribution >= 0.6 is 0 Å². The molecule has 1 aliphatic heterocycles. The van der Waals surface area contributed by atoms with Gasteiger partial charge >= 0.3 is 0 Å². The van der Waals surface area contributed by atoms with E-state index in [1.807, 2.05) is 0 Å². The number of ether oxygens (including phenoxy) is 1. The molecule has 1 saturated carbocycles. The van der Waals surface area contributed by atoms with E-state index >= 15 is 0 Å². The summed E-state index contributed by atoms with van der Waals surface area (Å²) >= 11 is 0. The standard InChI is InChI=1S/C15H29NO/c1-5-14(6-2)10-16-15(17-11-14)8-12(3)7-13(4)9-15/h12-13,16H,5-11H2,1-4H3. The molecule has 2 unspecified atom stereocenters. The van der Waals surface area contributed by atoms with Crippen molar-refractivity contribution in [1.82, 2.24) is 5.32 Å². The molecule has 0 aromatic carbocycles. The second kappa shape index (κ2) is 4.89. The molecule has 0 amide bonds. The summed E-state index contributed by atoms with van der Waals surface area (Å²) in [6, 6.07) is 0. The Balaban J connectivity index is 2.01. The van der Waals surface area contributed by atoms with Crippen molar-refractivity contribution in [3.8, 4) is 0 Å². The fourth-order valence-electron chi connectivity index (χ4n) is 3.77. The van der Waals surface area contributed by atoms with Gasteiger partial charge in [-0.3, -0.25) is 5.32 Å². The largest absolute Gasteiger partial charge is 0.360 e. The van der Waals surface area contributed by atoms with Gasteiger partial charge in [0.2, 0.25) is 0 Å². The van der Waals surface area contributed by atoms with Crippen LogP contribution in [-0.2, 0) is 4.74 Å². The van der Waals surface area contributed by atoms with Gasteiger partial charge in [-0.05, 0) is 43.9 Å². The second-order valence-electron chi connectivity index (χ2n) is 6.70. The lowest BCUT2D eigenvalue weighted by Crippen LogP contribution is -2.61. The number of hydrogen-bond donors (Lipinski definition) is 1. The number of nitrogens with one attached hydrogen (secondary N) is 1. The van der Waals surface area contributed by atoms with E-state index in [4.69, 9.17) is 4.74 Å². The molecule has 0 aromatic rings. The van der Waals surface area contributed by atoms with Gasteiger partial charge in [0.15, 0.2) is 0 Å². The summed E-state index contributed by atoms with van der Waals surface area (Å²) in [6.45, 7) is 11.4. The SMILES string of the molecule is CCC1(CC)CNC2(CC(C)CC(C)C2)OC1. The van der Waals surface area contributed by atoms with Crippen LogP contribution in [0.1, 0.15) is 59.8 Å². The van der Waals surface area contributed by atoms with Gasteiger partial charge in [0, 0.05) is 12.0 Å². The van der Waals surface area contributed by atoms with E-state index in [2.05, 4.69) is 33.0 Å². The molecule has 2 rings (SSSR count). The second-order valence-corrected chi connectivity index (χ2v) is 6.70. The smallest absolute Gasteiger partial charge is 0.119 e. The van der Waals surface area contributed by atoms with Crippen LogP contribution in [0.15, 0.2) is 0 Å². The van der Waals surface area contributed by atoms with Gasteiger partial charge in [0.05, 0.1) is 6.61 Å². The molecular formula is C15H29NO. The molecule has 0 radical (unpaired) electrons. The Morgan fingerprint density at radius 2 is 1.71 bits per heavy atom. The molecule has 2 nitrogen and oxygen atoms in total. The quantitative estimate of drug-likeness (QED) is 0.795. The highest BCUT2D eigenvalue weighted by Gasteiger charge is 2.45. The van der Waals surface area contributed by atoms with Crippen LogP contribution in [0.4, 0.5) is 0 Å². The maximum atomic E-state index is 6.33. The minimum absolute atomic E-state index is 0.00488. The maximum Gasteiger partial charge on any atom is 0.119 e. The Bertz CT molecular complexity index is 238. The van der Waals surface area contributed by atoms with Crippen LogP contribution in [-0.4, -0.2) is 18.9 Å². The monoisotopic (exact) mass is 239 g/mol. The highest BCUT2D eigenvalue weighted by molar-refractivity contribution is 4.94. The van der Waals surface area contributed by atoms with Gasteiger partial charge in [-0.2, -0.15) is 0 Å². The molecule has 1 saturated heterocycles. The van der Waals surface area contributed by atoms with Crippen molar-refractivity contribution in [3.05, 3.63) is 0 Å². The lowest BCUT2D eigenvalue weighted by atomic mass is 9.75. The highest BCUT2D eigenvalue weighted by Crippen LogP contribution is 2.41. The number of hydrogen-bond acceptors (Lipinski definition) is 2. The summed E-state index contributed by atoms with van der Waals surface area (Å²) in [5, 5.41) is 3.77. The lowest BCUT2D eigenvalue weighted by Gasteiger charge is -2.51. The Hall–Kier alpha value is -0.0800. The zero-order valence-corrected chi connectivity index (χ0v) is 12.0. The number of rotatable bonds is 2. The summed E-state index contributed by atoms with van der Waals surface area (Å²) in [7, 11) is 0. The van der Waals surface area contributed by atoms with E-state index in [0.29, 0.717) is 5.41 Å². The molecule has 1 heterocycles. The van der Waals surface area contributed by atoms with Crippen molar-refractivity contribution in [1.29, 1.82) is 0 Å². The van der Waals surface area contributed by atoms with E-state index in [0.717, 1.165) is 25.0 Å². The van der Waals surface area contributed by atoms with Gasteiger partial charge in [-0.25, -0.2) is 0 Å². The predicted octanol–water partition coefficient (Wildman–Crippen LogP) is 3.57. The third-order valence-corrected chi connectivity index (χ3v) is 5.10.